The van der Waals surface area contributed by atoms with Gasteiger partial charge in [-0.25, -0.2) is 0 Å². The van der Waals surface area contributed by atoms with Crippen molar-refractivity contribution in [2.24, 2.45) is 0 Å². The highest BCUT2D eigenvalue weighted by Crippen LogP contribution is 2.42. The number of fused-ring (bicyclic) bond motifs is 6. The van der Waals surface area contributed by atoms with Gasteiger partial charge >= 0.3 is 0 Å². The summed E-state index contributed by atoms with van der Waals surface area (Å²) in [5.74, 6) is 0. The highest BCUT2D eigenvalue weighted by Gasteiger charge is 2.16. The van der Waals surface area contributed by atoms with Crippen LogP contribution in [0.3, 0.4) is 0 Å². The van der Waals surface area contributed by atoms with Crippen LogP contribution in [0.1, 0.15) is 0 Å². The Balaban J connectivity index is 0.978. The van der Waals surface area contributed by atoms with Crippen LogP contribution in [-0.4, -0.2) is 0 Å². The average molecular weight is 756 g/mol. The molecule has 0 atom stereocenters. The molecule has 0 amide bonds. The van der Waals surface area contributed by atoms with Crippen molar-refractivity contribution in [3.63, 3.8) is 0 Å². The number of hydrogen-bond acceptors (Lipinski definition) is 2. The molecule has 0 spiro atoms. The molecule has 0 aliphatic rings. The Morgan fingerprint density at radius 1 is 0.276 bits per heavy atom. The standard InChI is InChI=1S/C56H37NS/c1-2-11-38(12-3-1)39-25-30-47(31-26-39)57(48-32-27-41(28-33-48)52-20-10-21-54-53-19-6-7-22-55(53)58-56(52)54)49-17-9-16-44(37-49)42-14-8-15-43(35-42)45-29-34-51-46(36-45)24-23-40-13-4-5-18-50(40)51/h1-37H. The van der Waals surface area contributed by atoms with Crippen LogP contribution in [0, 0.1) is 0 Å². The van der Waals surface area contributed by atoms with Gasteiger partial charge in [-0.3, -0.25) is 0 Å². The maximum absolute atomic E-state index is 2.37. The van der Waals surface area contributed by atoms with Crippen molar-refractivity contribution in [2.75, 3.05) is 4.90 Å². The van der Waals surface area contributed by atoms with Gasteiger partial charge in [0.1, 0.15) is 0 Å². The van der Waals surface area contributed by atoms with Crippen LogP contribution in [-0.2, 0) is 0 Å². The first-order valence-corrected chi connectivity index (χ1v) is 20.6. The molecule has 10 aromatic carbocycles. The van der Waals surface area contributed by atoms with Gasteiger partial charge in [-0.2, -0.15) is 0 Å². The third-order valence-corrected chi connectivity index (χ3v) is 12.7. The van der Waals surface area contributed by atoms with E-state index in [1.165, 1.54) is 86.2 Å². The lowest BCUT2D eigenvalue weighted by atomic mass is 9.95. The van der Waals surface area contributed by atoms with Gasteiger partial charge in [-0.15, -0.1) is 11.3 Å². The summed E-state index contributed by atoms with van der Waals surface area (Å²) in [7, 11) is 0. The normalized spacial score (nSPS) is 11.4. The molecule has 1 nitrogen and oxygen atoms in total. The molecule has 2 heteroatoms. The maximum atomic E-state index is 2.37. The van der Waals surface area contributed by atoms with Crippen LogP contribution in [0.5, 0.6) is 0 Å². The molecule has 0 fully saturated rings. The van der Waals surface area contributed by atoms with Gasteiger partial charge in [0.2, 0.25) is 0 Å². The van der Waals surface area contributed by atoms with E-state index in [-0.39, 0.29) is 0 Å². The minimum Gasteiger partial charge on any atom is -0.310 e. The summed E-state index contributed by atoms with van der Waals surface area (Å²) in [5.41, 5.74) is 13.0. The molecular formula is C56H37NS. The molecule has 1 heterocycles. The lowest BCUT2D eigenvalue weighted by Crippen LogP contribution is -2.10. The van der Waals surface area contributed by atoms with Gasteiger partial charge in [0.05, 0.1) is 0 Å². The fourth-order valence-corrected chi connectivity index (χ4v) is 9.78. The third-order valence-electron chi connectivity index (χ3n) is 11.5. The second-order valence-corrected chi connectivity index (χ2v) is 16.0. The lowest BCUT2D eigenvalue weighted by Gasteiger charge is -2.26. The number of anilines is 3. The third kappa shape index (κ3) is 6.12. The molecule has 1 aromatic heterocycles. The molecule has 0 N–H and O–H groups in total. The summed E-state index contributed by atoms with van der Waals surface area (Å²) in [6.45, 7) is 0. The molecule has 272 valence electrons. The van der Waals surface area contributed by atoms with Crippen LogP contribution >= 0.6 is 11.3 Å². The minimum absolute atomic E-state index is 1.10. The monoisotopic (exact) mass is 755 g/mol. The SMILES string of the molecule is c1ccc(-c2ccc(N(c3ccc(-c4cccc5c4sc4ccccc45)cc3)c3cccc(-c4cccc(-c5ccc6c(ccc7ccccc76)c5)c4)c3)cc2)cc1. The molecule has 0 unspecified atom stereocenters. The van der Waals surface area contributed by atoms with E-state index in [1.54, 1.807) is 0 Å². The maximum Gasteiger partial charge on any atom is 0.0467 e. The van der Waals surface area contributed by atoms with Crippen LogP contribution in [0.4, 0.5) is 17.1 Å². The number of rotatable bonds is 7. The molecule has 11 aromatic rings. The molecule has 11 rings (SSSR count). The van der Waals surface area contributed by atoms with Crippen molar-refractivity contribution in [2.45, 2.75) is 0 Å². The summed E-state index contributed by atoms with van der Waals surface area (Å²) < 4.78 is 2.65. The van der Waals surface area contributed by atoms with Gasteiger partial charge in [-0.1, -0.05) is 170 Å². The number of hydrogen-bond donors (Lipinski definition) is 0. The summed E-state index contributed by atoms with van der Waals surface area (Å²) in [4.78, 5) is 2.37. The highest BCUT2D eigenvalue weighted by atomic mass is 32.1. The van der Waals surface area contributed by atoms with Crippen molar-refractivity contribution in [3.8, 4) is 44.5 Å². The van der Waals surface area contributed by atoms with Crippen molar-refractivity contribution < 1.29 is 0 Å². The summed E-state index contributed by atoms with van der Waals surface area (Å²) in [5, 5.41) is 7.74. The van der Waals surface area contributed by atoms with E-state index in [0.717, 1.165) is 17.1 Å². The van der Waals surface area contributed by atoms with E-state index in [1.807, 2.05) is 11.3 Å². The van der Waals surface area contributed by atoms with Crippen molar-refractivity contribution in [1.29, 1.82) is 0 Å². The zero-order chi connectivity index (χ0) is 38.4. The Hall–Kier alpha value is -7.26. The van der Waals surface area contributed by atoms with E-state index in [0.29, 0.717) is 0 Å². The smallest absolute Gasteiger partial charge is 0.0467 e. The van der Waals surface area contributed by atoms with Gasteiger partial charge in [0, 0.05) is 37.2 Å². The highest BCUT2D eigenvalue weighted by molar-refractivity contribution is 7.26. The Kier molecular flexibility index (Phi) is 8.42. The lowest BCUT2D eigenvalue weighted by molar-refractivity contribution is 1.28. The van der Waals surface area contributed by atoms with Crippen LogP contribution in [0.25, 0.3) is 86.2 Å². The van der Waals surface area contributed by atoms with E-state index in [4.69, 9.17) is 0 Å². The molecule has 0 radical (unpaired) electrons. The first-order valence-electron chi connectivity index (χ1n) is 19.8. The molecule has 0 saturated heterocycles. The molecule has 58 heavy (non-hydrogen) atoms. The number of thiophene rings is 1. The molecule has 0 aliphatic heterocycles. The fraction of sp³-hybridized carbons (Fsp3) is 0. The summed E-state index contributed by atoms with van der Waals surface area (Å²) in [6.07, 6.45) is 0. The first kappa shape index (κ1) is 34.0. The average Bonchev–Trinajstić information content (AvgIpc) is 3.69. The quantitative estimate of drug-likeness (QED) is 0.146. The predicted molar refractivity (Wildman–Crippen MR) is 251 cm³/mol. The second kappa shape index (κ2) is 14.4. The van der Waals surface area contributed by atoms with Crippen LogP contribution in [0.2, 0.25) is 0 Å². The zero-order valence-corrected chi connectivity index (χ0v) is 32.5. The van der Waals surface area contributed by atoms with Gasteiger partial charge in [-0.05, 0) is 121 Å². The van der Waals surface area contributed by atoms with E-state index in [2.05, 4.69) is 229 Å². The Labute approximate surface area is 342 Å². The van der Waals surface area contributed by atoms with E-state index in [9.17, 15) is 0 Å². The molecule has 0 saturated carbocycles. The fourth-order valence-electron chi connectivity index (χ4n) is 8.54. The Bertz CT molecular complexity index is 3270. The molecular weight excluding hydrogens is 719 g/mol. The number of benzene rings is 10. The van der Waals surface area contributed by atoms with Crippen LogP contribution in [0.15, 0.2) is 224 Å². The second-order valence-electron chi connectivity index (χ2n) is 14.9. The summed E-state index contributed by atoms with van der Waals surface area (Å²) >= 11 is 1.88. The Morgan fingerprint density at radius 2 is 0.810 bits per heavy atom. The van der Waals surface area contributed by atoms with Crippen LogP contribution < -0.4 is 4.90 Å². The topological polar surface area (TPSA) is 3.24 Å². The number of nitrogens with zero attached hydrogens (tertiary/aromatic N) is 1. The summed E-state index contributed by atoms with van der Waals surface area (Å²) in [6, 6.07) is 81.9. The van der Waals surface area contributed by atoms with Crippen molar-refractivity contribution >= 4 is 70.1 Å². The first-order chi connectivity index (χ1) is 28.7. The molecule has 0 bridgehead atoms. The van der Waals surface area contributed by atoms with Gasteiger partial charge in [0.25, 0.3) is 0 Å². The van der Waals surface area contributed by atoms with E-state index >= 15 is 0 Å². The van der Waals surface area contributed by atoms with Gasteiger partial charge in [0.15, 0.2) is 0 Å². The Morgan fingerprint density at radius 3 is 1.60 bits per heavy atom. The molecule has 0 aliphatic carbocycles. The van der Waals surface area contributed by atoms with Gasteiger partial charge < -0.3 is 4.90 Å². The van der Waals surface area contributed by atoms with Crippen molar-refractivity contribution in [1.82, 2.24) is 0 Å². The predicted octanol–water partition coefficient (Wildman–Crippen LogP) is 16.5. The largest absolute Gasteiger partial charge is 0.310 e. The van der Waals surface area contributed by atoms with E-state index < -0.39 is 0 Å². The van der Waals surface area contributed by atoms with Crippen molar-refractivity contribution in [3.05, 3.63) is 224 Å². The minimum atomic E-state index is 1.10. The zero-order valence-electron chi connectivity index (χ0n) is 31.7.